The van der Waals surface area contributed by atoms with Gasteiger partial charge in [-0.3, -0.25) is 0 Å². The third kappa shape index (κ3) is 4.43. The predicted octanol–water partition coefficient (Wildman–Crippen LogP) is 3.88. The molecule has 3 aromatic rings. The van der Waals surface area contributed by atoms with Gasteiger partial charge in [0, 0.05) is 4.47 Å². The lowest BCUT2D eigenvalue weighted by molar-refractivity contribution is 0.0439. The van der Waals surface area contributed by atoms with Crippen LogP contribution < -0.4 is 9.47 Å². The van der Waals surface area contributed by atoms with Crippen molar-refractivity contribution in [2.75, 3.05) is 20.3 Å². The summed E-state index contributed by atoms with van der Waals surface area (Å²) < 4.78 is 18.5. The maximum atomic E-state index is 12.3. The molecule has 0 unspecified atom stereocenters. The Kier molecular flexibility index (Phi) is 5.91. The van der Waals surface area contributed by atoms with Gasteiger partial charge in [0.25, 0.3) is 0 Å². The number of ether oxygens (including phenoxy) is 3. The van der Waals surface area contributed by atoms with Gasteiger partial charge in [-0.05, 0) is 36.4 Å². The second-order valence-corrected chi connectivity index (χ2v) is 6.18. The van der Waals surface area contributed by atoms with Gasteiger partial charge in [0.1, 0.15) is 19.0 Å². The van der Waals surface area contributed by atoms with E-state index in [2.05, 4.69) is 21.0 Å². The summed E-state index contributed by atoms with van der Waals surface area (Å²) >= 11 is 3.36. The van der Waals surface area contributed by atoms with Crippen LogP contribution in [0, 0.1) is 0 Å². The van der Waals surface area contributed by atoms with Crippen LogP contribution in [0.25, 0.3) is 5.69 Å². The molecule has 1 aromatic heterocycles. The third-order valence-electron chi connectivity index (χ3n) is 3.51. The van der Waals surface area contributed by atoms with E-state index in [1.54, 1.807) is 10.9 Å². The van der Waals surface area contributed by atoms with Crippen molar-refractivity contribution < 1.29 is 19.0 Å². The van der Waals surface area contributed by atoms with Gasteiger partial charge in [0.15, 0.2) is 5.75 Å². The third-order valence-corrected chi connectivity index (χ3v) is 4.04. The standard InChI is InChI=1S/C19H17BrN2O4/c1-24-17-13-22(15-5-3-2-4-6-15)21-18(17)19(23)26-12-11-25-16-9-7-14(20)8-10-16/h2-10,13H,11-12H2,1H3. The van der Waals surface area contributed by atoms with Crippen molar-refractivity contribution >= 4 is 21.9 Å². The van der Waals surface area contributed by atoms with E-state index >= 15 is 0 Å². The predicted molar refractivity (Wildman–Crippen MR) is 100 cm³/mol. The summed E-state index contributed by atoms with van der Waals surface area (Å²) in [6.45, 7) is 0.353. The number of rotatable bonds is 7. The molecule has 0 aliphatic carbocycles. The number of benzene rings is 2. The fourth-order valence-corrected chi connectivity index (χ4v) is 2.52. The molecule has 0 atom stereocenters. The van der Waals surface area contributed by atoms with Gasteiger partial charge in [0.2, 0.25) is 5.69 Å². The molecule has 0 radical (unpaired) electrons. The van der Waals surface area contributed by atoms with E-state index in [1.165, 1.54) is 7.11 Å². The summed E-state index contributed by atoms with van der Waals surface area (Å²) in [5, 5.41) is 4.27. The van der Waals surface area contributed by atoms with Crippen LogP contribution in [0.15, 0.2) is 65.3 Å². The van der Waals surface area contributed by atoms with Crippen molar-refractivity contribution in [2.45, 2.75) is 0 Å². The topological polar surface area (TPSA) is 62.6 Å². The molecule has 0 spiro atoms. The molecule has 2 aromatic carbocycles. The molecule has 0 fully saturated rings. The minimum atomic E-state index is -0.559. The van der Waals surface area contributed by atoms with Crippen LogP contribution in [0.1, 0.15) is 10.5 Å². The summed E-state index contributed by atoms with van der Waals surface area (Å²) in [4.78, 5) is 12.3. The number of para-hydroxylation sites is 1. The smallest absolute Gasteiger partial charge is 0.362 e. The second-order valence-electron chi connectivity index (χ2n) is 5.26. The molecule has 134 valence electrons. The van der Waals surface area contributed by atoms with Crippen molar-refractivity contribution in [1.29, 1.82) is 0 Å². The number of carbonyl (C=O) groups excluding carboxylic acids is 1. The lowest BCUT2D eigenvalue weighted by Gasteiger charge is -2.07. The molecule has 0 aliphatic heterocycles. The van der Waals surface area contributed by atoms with Crippen molar-refractivity contribution in [2.24, 2.45) is 0 Å². The Hall–Kier alpha value is -2.80. The van der Waals surface area contributed by atoms with Gasteiger partial charge in [-0.2, -0.15) is 5.10 Å². The number of hydrogen-bond donors (Lipinski definition) is 0. The Morgan fingerprint density at radius 2 is 1.81 bits per heavy atom. The first-order valence-corrected chi connectivity index (χ1v) is 8.71. The van der Waals surface area contributed by atoms with Gasteiger partial charge >= 0.3 is 5.97 Å². The van der Waals surface area contributed by atoms with Gasteiger partial charge in [0.05, 0.1) is 19.0 Å². The minimum absolute atomic E-state index is 0.107. The Morgan fingerprint density at radius 3 is 2.50 bits per heavy atom. The van der Waals surface area contributed by atoms with Crippen LogP contribution in [0.4, 0.5) is 0 Å². The van der Waals surface area contributed by atoms with Gasteiger partial charge in [-0.15, -0.1) is 0 Å². The molecule has 0 N–H and O–H groups in total. The fourth-order valence-electron chi connectivity index (χ4n) is 2.25. The van der Waals surface area contributed by atoms with E-state index < -0.39 is 5.97 Å². The van der Waals surface area contributed by atoms with E-state index in [9.17, 15) is 4.79 Å². The van der Waals surface area contributed by atoms with Crippen molar-refractivity contribution in [3.8, 4) is 17.2 Å². The SMILES string of the molecule is COc1cn(-c2ccccc2)nc1C(=O)OCCOc1ccc(Br)cc1. The highest BCUT2D eigenvalue weighted by molar-refractivity contribution is 9.10. The maximum Gasteiger partial charge on any atom is 0.362 e. The number of carbonyl (C=O) groups is 1. The summed E-state index contributed by atoms with van der Waals surface area (Å²) in [5.41, 5.74) is 0.948. The van der Waals surface area contributed by atoms with Crippen molar-refractivity contribution in [3.05, 3.63) is 71.0 Å². The van der Waals surface area contributed by atoms with Crippen molar-refractivity contribution in [1.82, 2.24) is 9.78 Å². The molecule has 26 heavy (non-hydrogen) atoms. The number of nitrogens with zero attached hydrogens (tertiary/aromatic N) is 2. The van der Waals surface area contributed by atoms with Gasteiger partial charge in [-0.25, -0.2) is 9.48 Å². The number of hydrogen-bond acceptors (Lipinski definition) is 5. The zero-order valence-electron chi connectivity index (χ0n) is 14.1. The lowest BCUT2D eigenvalue weighted by Crippen LogP contribution is -2.13. The van der Waals surface area contributed by atoms with Crippen LogP contribution in [0.5, 0.6) is 11.5 Å². The Labute approximate surface area is 159 Å². The van der Waals surface area contributed by atoms with E-state index in [0.29, 0.717) is 11.5 Å². The fraction of sp³-hybridized carbons (Fsp3) is 0.158. The average Bonchev–Trinajstić information content (AvgIpc) is 3.12. The average molecular weight is 417 g/mol. The van der Waals surface area contributed by atoms with Crippen LogP contribution in [-0.2, 0) is 4.74 Å². The van der Waals surface area contributed by atoms with Gasteiger partial charge < -0.3 is 14.2 Å². The largest absolute Gasteiger partial charge is 0.493 e. The van der Waals surface area contributed by atoms with Crippen LogP contribution in [0.3, 0.4) is 0 Å². The molecule has 6 nitrogen and oxygen atoms in total. The van der Waals surface area contributed by atoms with Crippen LogP contribution >= 0.6 is 15.9 Å². The Morgan fingerprint density at radius 1 is 1.08 bits per heavy atom. The monoisotopic (exact) mass is 416 g/mol. The van der Waals surface area contributed by atoms with Crippen LogP contribution in [-0.4, -0.2) is 36.1 Å². The zero-order chi connectivity index (χ0) is 18.4. The highest BCUT2D eigenvalue weighted by Crippen LogP contribution is 2.20. The first kappa shape index (κ1) is 18.0. The Bertz CT molecular complexity index is 863. The summed E-state index contributed by atoms with van der Waals surface area (Å²) in [5.74, 6) is 0.499. The molecule has 7 heteroatoms. The number of aromatic nitrogens is 2. The quantitative estimate of drug-likeness (QED) is 0.431. The van der Waals surface area contributed by atoms with E-state index in [4.69, 9.17) is 14.2 Å². The molecule has 1 heterocycles. The number of esters is 1. The molecule has 3 rings (SSSR count). The molecule has 0 bridgehead atoms. The molecule has 0 aliphatic rings. The minimum Gasteiger partial charge on any atom is -0.493 e. The first-order valence-electron chi connectivity index (χ1n) is 7.92. The first-order chi connectivity index (χ1) is 12.7. The summed E-state index contributed by atoms with van der Waals surface area (Å²) in [6, 6.07) is 16.9. The maximum absolute atomic E-state index is 12.3. The normalized spacial score (nSPS) is 10.4. The molecular weight excluding hydrogens is 400 g/mol. The Balaban J connectivity index is 1.59. The molecule has 0 saturated carbocycles. The lowest BCUT2D eigenvalue weighted by atomic mass is 10.3. The highest BCUT2D eigenvalue weighted by Gasteiger charge is 2.19. The number of methoxy groups -OCH3 is 1. The van der Waals surface area contributed by atoms with Crippen LogP contribution in [0.2, 0.25) is 0 Å². The molecule has 0 amide bonds. The second kappa shape index (κ2) is 8.53. The summed E-state index contributed by atoms with van der Waals surface area (Å²) in [6.07, 6.45) is 1.64. The van der Waals surface area contributed by atoms with Gasteiger partial charge in [-0.1, -0.05) is 34.1 Å². The zero-order valence-corrected chi connectivity index (χ0v) is 15.7. The molecular formula is C19H17BrN2O4. The molecule has 0 saturated heterocycles. The van der Waals surface area contributed by atoms with E-state index in [1.807, 2.05) is 54.6 Å². The summed E-state index contributed by atoms with van der Waals surface area (Å²) in [7, 11) is 1.49. The van der Waals surface area contributed by atoms with E-state index in [-0.39, 0.29) is 18.9 Å². The van der Waals surface area contributed by atoms with E-state index in [0.717, 1.165) is 10.2 Å². The number of halogens is 1. The van der Waals surface area contributed by atoms with Crippen molar-refractivity contribution in [3.63, 3.8) is 0 Å². The highest BCUT2D eigenvalue weighted by atomic mass is 79.9.